The number of esters is 2. The van der Waals surface area contributed by atoms with Crippen LogP contribution < -0.4 is 0 Å². The van der Waals surface area contributed by atoms with E-state index in [-0.39, 0.29) is 11.3 Å². The van der Waals surface area contributed by atoms with Gasteiger partial charge in [-0.25, -0.2) is 9.59 Å². The topological polar surface area (TPSA) is 63.6 Å². The summed E-state index contributed by atoms with van der Waals surface area (Å²) >= 11 is 0. The van der Waals surface area contributed by atoms with Gasteiger partial charge in [-0.05, 0) is 49.2 Å². The average molecular weight is 270 g/mol. The number of rotatable bonds is 2. The number of carbonyl (C=O) groups excluding carboxylic acids is 2. The van der Waals surface area contributed by atoms with Crippen LogP contribution in [0.1, 0.15) is 31.8 Å². The van der Waals surface area contributed by atoms with E-state index in [0.717, 1.165) is 0 Å². The summed E-state index contributed by atoms with van der Waals surface area (Å²) in [5.74, 6) is -1.29. The van der Waals surface area contributed by atoms with Gasteiger partial charge in [0, 0.05) is 0 Å². The zero-order valence-electron chi connectivity index (χ0n) is 11.2. The Hall–Kier alpha value is -2.62. The minimum atomic E-state index is -0.731. The van der Waals surface area contributed by atoms with E-state index < -0.39 is 11.9 Å². The maximum Gasteiger partial charge on any atom is 0.346 e. The van der Waals surface area contributed by atoms with Crippen molar-refractivity contribution in [2.24, 2.45) is 0 Å². The van der Waals surface area contributed by atoms with Crippen molar-refractivity contribution in [3.05, 3.63) is 64.7 Å². The van der Waals surface area contributed by atoms with Crippen molar-refractivity contribution in [2.45, 2.75) is 13.8 Å². The maximum absolute atomic E-state index is 11.9. The van der Waals surface area contributed by atoms with E-state index in [1.165, 1.54) is 12.1 Å². The Morgan fingerprint density at radius 3 is 1.95 bits per heavy atom. The Morgan fingerprint density at radius 2 is 1.40 bits per heavy atom. The van der Waals surface area contributed by atoms with Crippen LogP contribution in [-0.4, -0.2) is 17.0 Å². The first-order chi connectivity index (χ1) is 9.49. The number of benzene rings is 2. The van der Waals surface area contributed by atoms with Crippen molar-refractivity contribution in [1.29, 1.82) is 0 Å². The molecule has 0 saturated heterocycles. The SMILES string of the molecule is Cc1cc(C(=O)OC(=O)c2ccccc2)cc(C)c1O. The van der Waals surface area contributed by atoms with Gasteiger partial charge in [-0.1, -0.05) is 18.2 Å². The predicted octanol–water partition coefficient (Wildman–Crippen LogP) is 3.01. The van der Waals surface area contributed by atoms with Crippen LogP contribution in [0.3, 0.4) is 0 Å². The molecular formula is C16H14O4. The highest BCUT2D eigenvalue weighted by molar-refractivity contribution is 6.02. The van der Waals surface area contributed by atoms with Gasteiger partial charge in [0.2, 0.25) is 0 Å². The highest BCUT2D eigenvalue weighted by Crippen LogP contribution is 2.23. The summed E-state index contributed by atoms with van der Waals surface area (Å²) in [5.41, 5.74) is 1.67. The van der Waals surface area contributed by atoms with Crippen molar-refractivity contribution in [2.75, 3.05) is 0 Å². The van der Waals surface area contributed by atoms with Crippen molar-refractivity contribution in [3.63, 3.8) is 0 Å². The molecule has 0 spiro atoms. The highest BCUT2D eigenvalue weighted by atomic mass is 16.6. The second-order valence-corrected chi connectivity index (χ2v) is 4.50. The lowest BCUT2D eigenvalue weighted by atomic mass is 10.1. The molecule has 1 N–H and O–H groups in total. The van der Waals surface area contributed by atoms with Crippen LogP contribution in [0.15, 0.2) is 42.5 Å². The lowest BCUT2D eigenvalue weighted by molar-refractivity contribution is 0.0397. The maximum atomic E-state index is 11.9. The van der Waals surface area contributed by atoms with Gasteiger partial charge in [0.15, 0.2) is 0 Å². The Balaban J connectivity index is 2.19. The molecule has 2 aromatic rings. The molecule has 0 aliphatic heterocycles. The summed E-state index contributed by atoms with van der Waals surface area (Å²) in [4.78, 5) is 23.7. The van der Waals surface area contributed by atoms with Crippen molar-refractivity contribution >= 4 is 11.9 Å². The standard InChI is InChI=1S/C16H14O4/c1-10-8-13(9-11(2)14(10)17)16(19)20-15(18)12-6-4-3-5-7-12/h3-9,17H,1-2H3. The number of aromatic hydroxyl groups is 1. The summed E-state index contributed by atoms with van der Waals surface area (Å²) in [6.07, 6.45) is 0. The largest absolute Gasteiger partial charge is 0.507 e. The average Bonchev–Trinajstić information content (AvgIpc) is 2.45. The number of phenols is 1. The second-order valence-electron chi connectivity index (χ2n) is 4.50. The normalized spacial score (nSPS) is 10.1. The smallest absolute Gasteiger partial charge is 0.346 e. The van der Waals surface area contributed by atoms with Crippen LogP contribution in [0, 0.1) is 13.8 Å². The number of ether oxygens (including phenoxy) is 1. The van der Waals surface area contributed by atoms with Crippen molar-refractivity contribution in [1.82, 2.24) is 0 Å². The molecule has 0 aliphatic carbocycles. The van der Waals surface area contributed by atoms with E-state index in [9.17, 15) is 14.7 Å². The van der Waals surface area contributed by atoms with Crippen LogP contribution in [0.4, 0.5) is 0 Å². The lowest BCUT2D eigenvalue weighted by Crippen LogP contribution is -2.13. The molecule has 4 nitrogen and oxygen atoms in total. The monoisotopic (exact) mass is 270 g/mol. The minimum absolute atomic E-state index is 0.135. The molecule has 0 heterocycles. The summed E-state index contributed by atoms with van der Waals surface area (Å²) in [7, 11) is 0. The second kappa shape index (κ2) is 5.57. The van der Waals surface area contributed by atoms with Crippen molar-refractivity contribution in [3.8, 4) is 5.75 Å². The molecule has 2 aromatic carbocycles. The first kappa shape index (κ1) is 13.8. The van der Waals surface area contributed by atoms with Gasteiger partial charge in [0.05, 0.1) is 11.1 Å². The van der Waals surface area contributed by atoms with Crippen LogP contribution in [0.25, 0.3) is 0 Å². The lowest BCUT2D eigenvalue weighted by Gasteiger charge is -2.07. The molecule has 0 fully saturated rings. The third-order valence-electron chi connectivity index (χ3n) is 2.92. The number of carbonyl (C=O) groups is 2. The van der Waals surface area contributed by atoms with E-state index in [4.69, 9.17) is 4.74 Å². The molecule has 2 rings (SSSR count). The van der Waals surface area contributed by atoms with E-state index in [1.54, 1.807) is 44.2 Å². The summed E-state index contributed by atoms with van der Waals surface area (Å²) in [5, 5.41) is 9.65. The van der Waals surface area contributed by atoms with Crippen molar-refractivity contribution < 1.29 is 19.4 Å². The quantitative estimate of drug-likeness (QED) is 0.673. The highest BCUT2D eigenvalue weighted by Gasteiger charge is 2.16. The van der Waals surface area contributed by atoms with E-state index in [0.29, 0.717) is 16.7 Å². The molecule has 0 saturated carbocycles. The molecule has 4 heteroatoms. The number of hydrogen-bond donors (Lipinski definition) is 1. The van der Waals surface area contributed by atoms with E-state index in [2.05, 4.69) is 0 Å². The molecule has 0 bridgehead atoms. The van der Waals surface area contributed by atoms with Crippen LogP contribution in [0.2, 0.25) is 0 Å². The third-order valence-corrected chi connectivity index (χ3v) is 2.92. The molecule has 0 amide bonds. The molecule has 102 valence electrons. The first-order valence-electron chi connectivity index (χ1n) is 6.11. The van der Waals surface area contributed by atoms with Gasteiger partial charge in [-0.15, -0.1) is 0 Å². The fourth-order valence-electron chi connectivity index (χ4n) is 1.85. The van der Waals surface area contributed by atoms with Crippen LogP contribution in [0.5, 0.6) is 5.75 Å². The number of hydrogen-bond acceptors (Lipinski definition) is 4. The van der Waals surface area contributed by atoms with E-state index >= 15 is 0 Å². The Labute approximate surface area is 116 Å². The van der Waals surface area contributed by atoms with Gasteiger partial charge in [-0.3, -0.25) is 0 Å². The number of aryl methyl sites for hydroxylation is 2. The molecular weight excluding hydrogens is 256 g/mol. The summed E-state index contributed by atoms with van der Waals surface area (Å²) in [6.45, 7) is 3.36. The first-order valence-corrected chi connectivity index (χ1v) is 6.11. The Bertz CT molecular complexity index is 636. The molecule has 0 radical (unpaired) electrons. The van der Waals surface area contributed by atoms with Gasteiger partial charge in [-0.2, -0.15) is 0 Å². The Kier molecular flexibility index (Phi) is 3.84. The molecule has 0 unspecified atom stereocenters. The zero-order valence-corrected chi connectivity index (χ0v) is 11.2. The zero-order chi connectivity index (χ0) is 14.7. The van der Waals surface area contributed by atoms with Crippen LogP contribution in [-0.2, 0) is 4.74 Å². The predicted molar refractivity (Wildman–Crippen MR) is 73.8 cm³/mol. The van der Waals surface area contributed by atoms with Crippen LogP contribution >= 0.6 is 0 Å². The summed E-state index contributed by atoms with van der Waals surface area (Å²) in [6, 6.07) is 11.3. The molecule has 0 aliphatic rings. The number of phenolic OH excluding ortho intramolecular Hbond substituents is 1. The summed E-state index contributed by atoms with van der Waals surface area (Å²) < 4.78 is 4.81. The fourth-order valence-corrected chi connectivity index (χ4v) is 1.85. The van der Waals surface area contributed by atoms with Gasteiger partial charge in [0.1, 0.15) is 5.75 Å². The third kappa shape index (κ3) is 2.85. The molecule has 0 atom stereocenters. The van der Waals surface area contributed by atoms with Gasteiger partial charge < -0.3 is 9.84 Å². The van der Waals surface area contributed by atoms with Gasteiger partial charge >= 0.3 is 11.9 Å². The van der Waals surface area contributed by atoms with E-state index in [1.807, 2.05) is 0 Å². The minimum Gasteiger partial charge on any atom is -0.507 e. The van der Waals surface area contributed by atoms with Gasteiger partial charge in [0.25, 0.3) is 0 Å². The molecule has 20 heavy (non-hydrogen) atoms. The Morgan fingerprint density at radius 1 is 0.900 bits per heavy atom. The fraction of sp³-hybridized carbons (Fsp3) is 0.125. The molecule has 0 aromatic heterocycles.